The van der Waals surface area contributed by atoms with Crippen molar-refractivity contribution in [1.82, 2.24) is 15.1 Å². The highest BCUT2D eigenvalue weighted by Crippen LogP contribution is 2.09. The van der Waals surface area contributed by atoms with Crippen LogP contribution in [0, 0.1) is 0 Å². The molecule has 7 heteroatoms. The Kier molecular flexibility index (Phi) is 3.20. The lowest BCUT2D eigenvalue weighted by atomic mass is 10.5. The summed E-state index contributed by atoms with van der Waals surface area (Å²) in [7, 11) is 0. The van der Waals surface area contributed by atoms with Gasteiger partial charge in [0, 0.05) is 12.3 Å². The fraction of sp³-hybridized carbons (Fsp3) is 0.500. The van der Waals surface area contributed by atoms with Crippen LogP contribution in [0.25, 0.3) is 0 Å². The first kappa shape index (κ1) is 9.93. The Balaban J connectivity index is 2.82. The standard InChI is InChI=1S/C6H11N3O4/c10-3-7-2-1-6(13)8(4-11)9(7)5-12/h1-2,10-12H,3-5H2. The van der Waals surface area contributed by atoms with Crippen molar-refractivity contribution < 1.29 is 20.1 Å². The molecule has 0 unspecified atom stereocenters. The number of carbonyl (C=O) groups excluding carboxylic acids is 1. The number of hydrogen-bond acceptors (Lipinski definition) is 6. The van der Waals surface area contributed by atoms with Crippen LogP contribution in [-0.4, -0.2) is 56.6 Å². The summed E-state index contributed by atoms with van der Waals surface area (Å²) >= 11 is 0. The lowest BCUT2D eigenvalue weighted by Gasteiger charge is -2.39. The van der Waals surface area contributed by atoms with E-state index in [0.717, 1.165) is 10.1 Å². The second-order valence-electron chi connectivity index (χ2n) is 2.29. The Morgan fingerprint density at radius 3 is 2.31 bits per heavy atom. The van der Waals surface area contributed by atoms with Crippen molar-refractivity contribution in [3.05, 3.63) is 12.3 Å². The number of rotatable bonds is 3. The zero-order chi connectivity index (χ0) is 9.84. The van der Waals surface area contributed by atoms with Gasteiger partial charge < -0.3 is 15.3 Å². The van der Waals surface area contributed by atoms with E-state index in [2.05, 4.69) is 0 Å². The number of carbonyl (C=O) groups is 1. The van der Waals surface area contributed by atoms with Gasteiger partial charge in [0.25, 0.3) is 5.91 Å². The molecular formula is C6H11N3O4. The van der Waals surface area contributed by atoms with Gasteiger partial charge in [0.1, 0.15) is 20.2 Å². The molecule has 0 fully saturated rings. The number of nitrogens with zero attached hydrogens (tertiary/aromatic N) is 3. The summed E-state index contributed by atoms with van der Waals surface area (Å²) in [5, 5.41) is 29.5. The normalized spacial score (nSPS) is 18.5. The second-order valence-corrected chi connectivity index (χ2v) is 2.29. The number of hydrogen-bond donors (Lipinski definition) is 3. The van der Waals surface area contributed by atoms with Gasteiger partial charge in [0.15, 0.2) is 0 Å². The van der Waals surface area contributed by atoms with E-state index >= 15 is 0 Å². The lowest BCUT2D eigenvalue weighted by Crippen LogP contribution is -2.56. The highest BCUT2D eigenvalue weighted by atomic mass is 16.3. The Hall–Kier alpha value is -1.15. The molecule has 13 heavy (non-hydrogen) atoms. The topological polar surface area (TPSA) is 87.5 Å². The third-order valence-electron chi connectivity index (χ3n) is 1.62. The van der Waals surface area contributed by atoms with E-state index in [1.165, 1.54) is 17.3 Å². The smallest absolute Gasteiger partial charge is 0.266 e. The molecule has 7 nitrogen and oxygen atoms in total. The first-order valence-corrected chi connectivity index (χ1v) is 3.61. The average molecular weight is 189 g/mol. The molecule has 74 valence electrons. The SMILES string of the molecule is O=C1C=CN(CO)N(CO)N1CO. The molecule has 0 aliphatic carbocycles. The van der Waals surface area contributed by atoms with Crippen LogP contribution in [0.3, 0.4) is 0 Å². The fourth-order valence-corrected chi connectivity index (χ4v) is 0.986. The Bertz CT molecular complexity index is 220. The number of aliphatic hydroxyl groups is 3. The largest absolute Gasteiger partial charge is 0.377 e. The van der Waals surface area contributed by atoms with Gasteiger partial charge in [0.05, 0.1) is 0 Å². The molecule has 0 spiro atoms. The Morgan fingerprint density at radius 2 is 1.85 bits per heavy atom. The fourth-order valence-electron chi connectivity index (χ4n) is 0.986. The van der Waals surface area contributed by atoms with Crippen LogP contribution < -0.4 is 0 Å². The zero-order valence-corrected chi connectivity index (χ0v) is 6.87. The molecule has 1 aliphatic rings. The van der Waals surface area contributed by atoms with E-state index in [0.29, 0.717) is 0 Å². The van der Waals surface area contributed by atoms with Gasteiger partial charge in [-0.1, -0.05) is 5.12 Å². The van der Waals surface area contributed by atoms with Gasteiger partial charge in [-0.15, -0.1) is 0 Å². The first-order chi connectivity index (χ1) is 6.24. The van der Waals surface area contributed by atoms with Crippen molar-refractivity contribution in [2.75, 3.05) is 20.2 Å². The van der Waals surface area contributed by atoms with Crippen LogP contribution in [0.15, 0.2) is 12.3 Å². The van der Waals surface area contributed by atoms with Gasteiger partial charge in [-0.05, 0) is 0 Å². The van der Waals surface area contributed by atoms with Crippen molar-refractivity contribution in [2.24, 2.45) is 0 Å². The minimum absolute atomic E-state index is 0.388. The van der Waals surface area contributed by atoms with Crippen LogP contribution in [0.5, 0.6) is 0 Å². The molecular weight excluding hydrogens is 178 g/mol. The summed E-state index contributed by atoms with van der Waals surface area (Å²) in [6.07, 6.45) is 2.49. The molecule has 3 N–H and O–H groups in total. The summed E-state index contributed by atoms with van der Waals surface area (Å²) in [6.45, 7) is -1.45. The Labute approximate surface area is 74.6 Å². The quantitative estimate of drug-likeness (QED) is 0.460. The molecule has 1 amide bonds. The lowest BCUT2D eigenvalue weighted by molar-refractivity contribution is -0.237. The van der Waals surface area contributed by atoms with Gasteiger partial charge in [-0.25, -0.2) is 5.01 Å². The van der Waals surface area contributed by atoms with Crippen LogP contribution >= 0.6 is 0 Å². The molecule has 0 bridgehead atoms. The van der Waals surface area contributed by atoms with Gasteiger partial charge >= 0.3 is 0 Å². The van der Waals surface area contributed by atoms with E-state index in [4.69, 9.17) is 15.3 Å². The Morgan fingerprint density at radius 1 is 1.15 bits per heavy atom. The van der Waals surface area contributed by atoms with Crippen molar-refractivity contribution >= 4 is 5.91 Å². The number of aliphatic hydroxyl groups excluding tert-OH is 3. The van der Waals surface area contributed by atoms with Crippen LogP contribution in [0.2, 0.25) is 0 Å². The third kappa shape index (κ3) is 1.78. The maximum absolute atomic E-state index is 11.1. The minimum Gasteiger partial charge on any atom is -0.377 e. The van der Waals surface area contributed by atoms with E-state index in [9.17, 15) is 4.79 Å². The van der Waals surface area contributed by atoms with Gasteiger partial charge in [0.2, 0.25) is 0 Å². The van der Waals surface area contributed by atoms with Gasteiger partial charge in [-0.3, -0.25) is 9.80 Å². The van der Waals surface area contributed by atoms with E-state index in [1.807, 2.05) is 0 Å². The number of amides is 1. The highest BCUT2D eigenvalue weighted by molar-refractivity contribution is 5.87. The monoisotopic (exact) mass is 189 g/mol. The van der Waals surface area contributed by atoms with Gasteiger partial charge in [-0.2, -0.15) is 0 Å². The molecule has 0 aromatic carbocycles. The summed E-state index contributed by atoms with van der Waals surface area (Å²) in [6, 6.07) is 0. The summed E-state index contributed by atoms with van der Waals surface area (Å²) in [5.41, 5.74) is 0. The highest BCUT2D eigenvalue weighted by Gasteiger charge is 2.26. The van der Waals surface area contributed by atoms with Crippen molar-refractivity contribution in [3.8, 4) is 0 Å². The van der Waals surface area contributed by atoms with E-state index in [1.54, 1.807) is 0 Å². The first-order valence-electron chi connectivity index (χ1n) is 3.61. The molecule has 1 heterocycles. The molecule has 0 saturated heterocycles. The van der Waals surface area contributed by atoms with Crippen molar-refractivity contribution in [3.63, 3.8) is 0 Å². The second kappa shape index (κ2) is 4.19. The predicted molar refractivity (Wildman–Crippen MR) is 40.9 cm³/mol. The van der Waals surface area contributed by atoms with E-state index < -0.39 is 19.4 Å². The van der Waals surface area contributed by atoms with Crippen LogP contribution in [0.4, 0.5) is 0 Å². The molecule has 0 saturated carbocycles. The van der Waals surface area contributed by atoms with E-state index in [-0.39, 0.29) is 6.73 Å². The minimum atomic E-state index is -0.555. The van der Waals surface area contributed by atoms with Crippen LogP contribution in [-0.2, 0) is 4.79 Å². The summed E-state index contributed by atoms with van der Waals surface area (Å²) in [4.78, 5) is 11.1. The molecule has 0 atom stereocenters. The molecule has 1 rings (SSSR count). The molecule has 0 aromatic rings. The average Bonchev–Trinajstić information content (AvgIpc) is 2.17. The molecule has 0 aromatic heterocycles. The maximum Gasteiger partial charge on any atom is 0.266 e. The maximum atomic E-state index is 11.1. The van der Waals surface area contributed by atoms with Crippen LogP contribution in [0.1, 0.15) is 0 Å². The number of hydrazine groups is 2. The predicted octanol–water partition coefficient (Wildman–Crippen LogP) is -2.37. The summed E-state index contributed by atoms with van der Waals surface area (Å²) < 4.78 is 0. The van der Waals surface area contributed by atoms with Crippen molar-refractivity contribution in [1.29, 1.82) is 0 Å². The zero-order valence-electron chi connectivity index (χ0n) is 6.87. The summed E-state index contributed by atoms with van der Waals surface area (Å²) in [5.74, 6) is -0.457. The third-order valence-corrected chi connectivity index (χ3v) is 1.62. The molecule has 0 radical (unpaired) electrons. The van der Waals surface area contributed by atoms with Crippen molar-refractivity contribution in [2.45, 2.75) is 0 Å². The molecule has 1 aliphatic heterocycles.